The van der Waals surface area contributed by atoms with Gasteiger partial charge in [0.15, 0.2) is 0 Å². The Bertz CT molecular complexity index is 358. The molecule has 0 spiro atoms. The quantitative estimate of drug-likeness (QED) is 0.849. The van der Waals surface area contributed by atoms with Gasteiger partial charge in [-0.25, -0.2) is 0 Å². The molecule has 0 radical (unpaired) electrons. The molecule has 0 bridgehead atoms. The molecule has 17 heavy (non-hydrogen) atoms. The van der Waals surface area contributed by atoms with Gasteiger partial charge in [-0.1, -0.05) is 25.4 Å². The van der Waals surface area contributed by atoms with Crippen LogP contribution in [0.5, 0.6) is 0 Å². The molecule has 1 heterocycles. The first-order valence-electron chi connectivity index (χ1n) is 6.38. The van der Waals surface area contributed by atoms with Gasteiger partial charge in [0.1, 0.15) is 0 Å². The van der Waals surface area contributed by atoms with Crippen LogP contribution in [0.2, 0.25) is 5.02 Å². The van der Waals surface area contributed by atoms with E-state index in [0.717, 1.165) is 35.8 Å². The summed E-state index contributed by atoms with van der Waals surface area (Å²) in [5, 5.41) is 8.65. The van der Waals surface area contributed by atoms with E-state index in [0.29, 0.717) is 12.0 Å². The maximum absolute atomic E-state index is 6.32. The molecule has 1 N–H and O–H groups in total. The number of nitrogens with zero attached hydrogens (tertiary/aromatic N) is 2. The number of rotatable bonds is 6. The van der Waals surface area contributed by atoms with Crippen LogP contribution in [0.1, 0.15) is 38.6 Å². The molecule has 3 nitrogen and oxygen atoms in total. The van der Waals surface area contributed by atoms with Crippen molar-refractivity contribution in [1.29, 1.82) is 0 Å². The number of hydrogen-bond donors (Lipinski definition) is 1. The SMILES string of the molecule is CCn1nc(C)c(Cl)c1CC(CC(C)C)NC. The lowest BCUT2D eigenvalue weighted by atomic mass is 10.00. The van der Waals surface area contributed by atoms with E-state index >= 15 is 0 Å². The van der Waals surface area contributed by atoms with Gasteiger partial charge in [-0.2, -0.15) is 5.10 Å². The van der Waals surface area contributed by atoms with Crippen LogP contribution >= 0.6 is 11.6 Å². The zero-order chi connectivity index (χ0) is 13.0. The van der Waals surface area contributed by atoms with E-state index in [9.17, 15) is 0 Å². The van der Waals surface area contributed by atoms with Crippen molar-refractivity contribution in [3.8, 4) is 0 Å². The summed E-state index contributed by atoms with van der Waals surface area (Å²) >= 11 is 6.32. The minimum atomic E-state index is 0.467. The fraction of sp³-hybridized carbons (Fsp3) is 0.769. The fourth-order valence-corrected chi connectivity index (χ4v) is 2.38. The normalized spacial score (nSPS) is 13.4. The molecule has 1 aromatic rings. The van der Waals surface area contributed by atoms with E-state index in [-0.39, 0.29) is 0 Å². The molecule has 1 rings (SSSR count). The Kier molecular flexibility index (Phi) is 5.47. The van der Waals surface area contributed by atoms with E-state index in [1.807, 2.05) is 18.7 Å². The fourth-order valence-electron chi connectivity index (χ4n) is 2.17. The van der Waals surface area contributed by atoms with Crippen LogP contribution in [0.25, 0.3) is 0 Å². The molecule has 1 atom stereocenters. The predicted octanol–water partition coefficient (Wildman–Crippen LogP) is 3.04. The zero-order valence-electron chi connectivity index (χ0n) is 11.5. The second kappa shape index (κ2) is 6.41. The second-order valence-corrected chi connectivity index (χ2v) is 5.36. The van der Waals surface area contributed by atoms with Crippen molar-refractivity contribution in [2.45, 2.75) is 53.1 Å². The summed E-state index contributed by atoms with van der Waals surface area (Å²) < 4.78 is 2.02. The van der Waals surface area contributed by atoms with Crippen molar-refractivity contribution in [3.63, 3.8) is 0 Å². The van der Waals surface area contributed by atoms with Crippen LogP contribution in [-0.2, 0) is 13.0 Å². The Morgan fingerprint density at radius 1 is 1.41 bits per heavy atom. The van der Waals surface area contributed by atoms with Gasteiger partial charge in [-0.3, -0.25) is 4.68 Å². The summed E-state index contributed by atoms with van der Waals surface area (Å²) in [5.41, 5.74) is 2.09. The van der Waals surface area contributed by atoms with Crippen molar-refractivity contribution < 1.29 is 0 Å². The topological polar surface area (TPSA) is 29.9 Å². The molecule has 0 saturated carbocycles. The Balaban J connectivity index is 2.84. The van der Waals surface area contributed by atoms with E-state index in [1.54, 1.807) is 0 Å². The summed E-state index contributed by atoms with van der Waals surface area (Å²) in [4.78, 5) is 0. The number of likely N-dealkylation sites (N-methyl/N-ethyl adjacent to an activating group) is 1. The molecule has 1 unspecified atom stereocenters. The maximum Gasteiger partial charge on any atom is 0.0847 e. The van der Waals surface area contributed by atoms with Crippen molar-refractivity contribution in [2.75, 3.05) is 7.05 Å². The third kappa shape index (κ3) is 3.71. The summed E-state index contributed by atoms with van der Waals surface area (Å²) in [6, 6.07) is 0.467. The molecule has 98 valence electrons. The number of hydrogen-bond acceptors (Lipinski definition) is 2. The minimum absolute atomic E-state index is 0.467. The average Bonchev–Trinajstić information content (AvgIpc) is 2.55. The Morgan fingerprint density at radius 3 is 2.53 bits per heavy atom. The minimum Gasteiger partial charge on any atom is -0.317 e. The number of halogens is 1. The highest BCUT2D eigenvalue weighted by atomic mass is 35.5. The third-order valence-corrected chi connectivity index (χ3v) is 3.55. The monoisotopic (exact) mass is 257 g/mol. The standard InChI is InChI=1S/C13H24ClN3/c1-6-17-12(13(14)10(4)16-17)8-11(15-5)7-9(2)3/h9,11,15H,6-8H2,1-5H3. The first-order chi connectivity index (χ1) is 7.99. The van der Waals surface area contributed by atoms with Gasteiger partial charge in [0.25, 0.3) is 0 Å². The highest BCUT2D eigenvalue weighted by molar-refractivity contribution is 6.31. The molecule has 1 aromatic heterocycles. The molecule has 0 saturated heterocycles. The van der Waals surface area contributed by atoms with E-state index < -0.39 is 0 Å². The van der Waals surface area contributed by atoms with Crippen molar-refractivity contribution >= 4 is 11.6 Å². The lowest BCUT2D eigenvalue weighted by Crippen LogP contribution is -2.30. The first-order valence-corrected chi connectivity index (χ1v) is 6.76. The highest BCUT2D eigenvalue weighted by Crippen LogP contribution is 2.22. The van der Waals surface area contributed by atoms with Crippen LogP contribution in [0.4, 0.5) is 0 Å². The lowest BCUT2D eigenvalue weighted by Gasteiger charge is -2.19. The summed E-state index contributed by atoms with van der Waals surface area (Å²) in [6.45, 7) is 9.43. The summed E-state index contributed by atoms with van der Waals surface area (Å²) in [5.74, 6) is 0.685. The van der Waals surface area contributed by atoms with Gasteiger partial charge in [-0.05, 0) is 33.2 Å². The van der Waals surface area contributed by atoms with Crippen LogP contribution < -0.4 is 5.32 Å². The van der Waals surface area contributed by atoms with Gasteiger partial charge >= 0.3 is 0 Å². The molecule has 0 aliphatic rings. The first kappa shape index (κ1) is 14.5. The Morgan fingerprint density at radius 2 is 2.06 bits per heavy atom. The molecule has 0 aromatic carbocycles. The highest BCUT2D eigenvalue weighted by Gasteiger charge is 2.17. The second-order valence-electron chi connectivity index (χ2n) is 4.98. The molecular weight excluding hydrogens is 234 g/mol. The van der Waals surface area contributed by atoms with E-state index in [2.05, 4.69) is 31.2 Å². The maximum atomic E-state index is 6.32. The van der Waals surface area contributed by atoms with Crippen molar-refractivity contribution in [1.82, 2.24) is 15.1 Å². The largest absolute Gasteiger partial charge is 0.317 e. The number of aryl methyl sites for hydroxylation is 2. The van der Waals surface area contributed by atoms with Gasteiger partial charge in [0, 0.05) is 19.0 Å². The molecule has 4 heteroatoms. The van der Waals surface area contributed by atoms with E-state index in [4.69, 9.17) is 11.6 Å². The van der Waals surface area contributed by atoms with Crippen molar-refractivity contribution in [3.05, 3.63) is 16.4 Å². The Labute approximate surface area is 110 Å². The Hall–Kier alpha value is -0.540. The molecular formula is C13H24ClN3. The van der Waals surface area contributed by atoms with Crippen LogP contribution in [0.15, 0.2) is 0 Å². The molecule has 0 aliphatic heterocycles. The van der Waals surface area contributed by atoms with Crippen molar-refractivity contribution in [2.24, 2.45) is 5.92 Å². The molecule has 0 amide bonds. The average molecular weight is 258 g/mol. The summed E-state index contributed by atoms with van der Waals surface area (Å²) in [6.07, 6.45) is 2.10. The number of aromatic nitrogens is 2. The molecule has 0 aliphatic carbocycles. The van der Waals surface area contributed by atoms with Gasteiger partial charge in [-0.15, -0.1) is 0 Å². The lowest BCUT2D eigenvalue weighted by molar-refractivity contribution is 0.429. The summed E-state index contributed by atoms with van der Waals surface area (Å²) in [7, 11) is 2.01. The molecule has 0 fully saturated rings. The van der Waals surface area contributed by atoms with Crippen LogP contribution in [-0.4, -0.2) is 22.9 Å². The zero-order valence-corrected chi connectivity index (χ0v) is 12.3. The van der Waals surface area contributed by atoms with Gasteiger partial charge in [0.05, 0.1) is 16.4 Å². The number of nitrogens with one attached hydrogen (secondary N) is 1. The third-order valence-electron chi connectivity index (χ3n) is 3.06. The smallest absolute Gasteiger partial charge is 0.0847 e. The van der Waals surface area contributed by atoms with Crippen LogP contribution in [0, 0.1) is 12.8 Å². The van der Waals surface area contributed by atoms with E-state index in [1.165, 1.54) is 0 Å². The predicted molar refractivity (Wildman–Crippen MR) is 73.7 cm³/mol. The van der Waals surface area contributed by atoms with Gasteiger partial charge in [0.2, 0.25) is 0 Å². The van der Waals surface area contributed by atoms with Crippen LogP contribution in [0.3, 0.4) is 0 Å². The van der Waals surface area contributed by atoms with Gasteiger partial charge < -0.3 is 5.32 Å².